The van der Waals surface area contributed by atoms with Crippen molar-refractivity contribution in [3.63, 3.8) is 0 Å². The van der Waals surface area contributed by atoms with Gasteiger partial charge < -0.3 is 4.74 Å². The van der Waals surface area contributed by atoms with Crippen molar-refractivity contribution in [3.8, 4) is 0 Å². The van der Waals surface area contributed by atoms with Crippen LogP contribution in [0.4, 0.5) is 0 Å². The van der Waals surface area contributed by atoms with E-state index in [1.54, 1.807) is 7.11 Å². The van der Waals surface area contributed by atoms with E-state index in [-0.39, 0.29) is 0 Å². The van der Waals surface area contributed by atoms with Crippen LogP contribution in [-0.4, -0.2) is 7.11 Å². The molecule has 0 rings (SSSR count). The zero-order valence-corrected chi connectivity index (χ0v) is 12.9. The van der Waals surface area contributed by atoms with Crippen molar-refractivity contribution in [1.82, 2.24) is 0 Å². The lowest BCUT2D eigenvalue weighted by Crippen LogP contribution is -1.94. The van der Waals surface area contributed by atoms with Gasteiger partial charge in [-0.05, 0) is 32.4 Å². The highest BCUT2D eigenvalue weighted by molar-refractivity contribution is 5.48. The fourth-order valence-electron chi connectivity index (χ4n) is 1.22. The minimum absolute atomic E-state index is 0.885. The molecule has 0 aliphatic carbocycles. The third kappa shape index (κ3) is 8.56. The van der Waals surface area contributed by atoms with Gasteiger partial charge in [0, 0.05) is 5.57 Å². The van der Waals surface area contributed by atoms with Gasteiger partial charge in [0.1, 0.15) is 5.76 Å². The lowest BCUT2D eigenvalue weighted by Gasteiger charge is -2.10. The van der Waals surface area contributed by atoms with Gasteiger partial charge >= 0.3 is 0 Å². The molecule has 0 saturated carbocycles. The maximum atomic E-state index is 5.24. The Morgan fingerprint density at radius 2 is 1.35 bits per heavy atom. The Hall–Kier alpha value is -1.24. The molecular weight excluding hydrogens is 208 g/mol. The van der Waals surface area contributed by atoms with Crippen molar-refractivity contribution in [2.24, 2.45) is 0 Å². The second-order valence-corrected chi connectivity index (χ2v) is 2.51. The van der Waals surface area contributed by atoms with Gasteiger partial charge in [-0.3, -0.25) is 0 Å². The zero-order valence-electron chi connectivity index (χ0n) is 12.9. The molecule has 0 radical (unpaired) electrons. The highest BCUT2D eigenvalue weighted by Crippen LogP contribution is 2.20. The summed E-state index contributed by atoms with van der Waals surface area (Å²) < 4.78 is 5.24. The number of methoxy groups -OCH3 is 1. The Balaban J connectivity index is -0.000000439. The molecule has 0 aromatic heterocycles. The van der Waals surface area contributed by atoms with Gasteiger partial charge in [0.05, 0.1) is 7.11 Å². The summed E-state index contributed by atoms with van der Waals surface area (Å²) in [6.07, 6.45) is 7.82. The molecule has 0 aliphatic heterocycles. The Labute approximate surface area is 109 Å². The quantitative estimate of drug-likeness (QED) is 0.453. The summed E-state index contributed by atoms with van der Waals surface area (Å²) in [6.45, 7) is 17.7. The number of ether oxygens (including phenoxy) is 1. The van der Waals surface area contributed by atoms with Crippen LogP contribution in [0.2, 0.25) is 0 Å². The van der Waals surface area contributed by atoms with Gasteiger partial charge in [0.25, 0.3) is 0 Å². The van der Waals surface area contributed by atoms with Crippen LogP contribution in [0.25, 0.3) is 0 Å². The number of rotatable bonds is 4. The van der Waals surface area contributed by atoms with E-state index in [4.69, 9.17) is 4.74 Å². The van der Waals surface area contributed by atoms with Crippen LogP contribution in [0.1, 0.15) is 48.5 Å². The molecule has 0 aromatic rings. The van der Waals surface area contributed by atoms with Gasteiger partial charge in [-0.1, -0.05) is 52.5 Å². The first-order chi connectivity index (χ1) is 8.24. The topological polar surface area (TPSA) is 9.23 Å². The summed E-state index contributed by atoms with van der Waals surface area (Å²) in [5.74, 6) is 0.885. The third-order valence-electron chi connectivity index (χ3n) is 1.88. The van der Waals surface area contributed by atoms with E-state index in [2.05, 4.69) is 6.58 Å². The smallest absolute Gasteiger partial charge is 0.122 e. The minimum atomic E-state index is 0.885. The molecular formula is C16H30O. The van der Waals surface area contributed by atoms with Gasteiger partial charge in [0.15, 0.2) is 0 Å². The van der Waals surface area contributed by atoms with Crippen LogP contribution in [-0.2, 0) is 4.74 Å². The maximum absolute atomic E-state index is 5.24. The molecule has 0 spiro atoms. The minimum Gasteiger partial charge on any atom is -0.496 e. The summed E-state index contributed by atoms with van der Waals surface area (Å²) in [6, 6.07) is 0. The Bertz CT molecular complexity index is 255. The molecule has 0 aliphatic rings. The van der Waals surface area contributed by atoms with Crippen LogP contribution in [0.3, 0.4) is 0 Å². The normalized spacial score (nSPS) is 11.6. The van der Waals surface area contributed by atoms with Crippen molar-refractivity contribution in [2.45, 2.75) is 48.5 Å². The van der Waals surface area contributed by atoms with Crippen molar-refractivity contribution in [2.75, 3.05) is 7.11 Å². The summed E-state index contributed by atoms with van der Waals surface area (Å²) in [5, 5.41) is 0. The van der Waals surface area contributed by atoms with Gasteiger partial charge in [0.2, 0.25) is 0 Å². The highest BCUT2D eigenvalue weighted by Gasteiger charge is 2.05. The van der Waals surface area contributed by atoms with E-state index in [9.17, 15) is 0 Å². The predicted octanol–water partition coefficient (Wildman–Crippen LogP) is 5.67. The number of hydrogen-bond acceptors (Lipinski definition) is 1. The molecule has 0 bridgehead atoms. The van der Waals surface area contributed by atoms with Crippen LogP contribution < -0.4 is 0 Å². The standard InChI is InChI=1S/C12H18O.2C2H6/c1-6-10(7-2)11(8-3)12(9-4)13-5;2*1-2/h6-9H,1H2,2-5H3;2*1-2H3/b10-7-,11-8+,12-9+;;. The van der Waals surface area contributed by atoms with Crippen molar-refractivity contribution in [1.29, 1.82) is 0 Å². The first kappa shape index (κ1) is 21.1. The lowest BCUT2D eigenvalue weighted by atomic mass is 10.0. The van der Waals surface area contributed by atoms with Crippen LogP contribution >= 0.6 is 0 Å². The molecule has 0 fully saturated rings. The van der Waals surface area contributed by atoms with E-state index in [1.165, 1.54) is 0 Å². The Morgan fingerprint density at radius 3 is 1.53 bits per heavy atom. The zero-order chi connectivity index (χ0) is 14.3. The summed E-state index contributed by atoms with van der Waals surface area (Å²) in [4.78, 5) is 0. The van der Waals surface area contributed by atoms with Crippen LogP contribution in [0, 0.1) is 0 Å². The number of allylic oxidation sites excluding steroid dienone is 5. The van der Waals surface area contributed by atoms with Crippen molar-refractivity contribution >= 4 is 0 Å². The highest BCUT2D eigenvalue weighted by atomic mass is 16.5. The van der Waals surface area contributed by atoms with E-state index in [1.807, 2.05) is 72.8 Å². The first-order valence-electron chi connectivity index (χ1n) is 6.41. The van der Waals surface area contributed by atoms with E-state index in [0.29, 0.717) is 0 Å². The van der Waals surface area contributed by atoms with E-state index < -0.39 is 0 Å². The average Bonchev–Trinajstić information content (AvgIpc) is 2.43. The molecule has 1 heteroatoms. The van der Waals surface area contributed by atoms with E-state index >= 15 is 0 Å². The molecule has 17 heavy (non-hydrogen) atoms. The fourth-order valence-corrected chi connectivity index (χ4v) is 1.22. The first-order valence-corrected chi connectivity index (χ1v) is 6.41. The molecule has 0 N–H and O–H groups in total. The third-order valence-corrected chi connectivity index (χ3v) is 1.88. The molecule has 0 atom stereocenters. The summed E-state index contributed by atoms with van der Waals surface area (Å²) in [7, 11) is 1.68. The second-order valence-electron chi connectivity index (χ2n) is 2.51. The van der Waals surface area contributed by atoms with Crippen molar-refractivity contribution in [3.05, 3.63) is 47.8 Å². The largest absolute Gasteiger partial charge is 0.496 e. The second kappa shape index (κ2) is 17.2. The summed E-state index contributed by atoms with van der Waals surface area (Å²) in [5.41, 5.74) is 2.18. The molecule has 0 aromatic carbocycles. The van der Waals surface area contributed by atoms with Crippen LogP contribution in [0.15, 0.2) is 47.8 Å². The Morgan fingerprint density at radius 1 is 0.882 bits per heavy atom. The molecule has 1 nitrogen and oxygen atoms in total. The van der Waals surface area contributed by atoms with Crippen molar-refractivity contribution < 1.29 is 4.74 Å². The van der Waals surface area contributed by atoms with Gasteiger partial charge in [-0.15, -0.1) is 0 Å². The number of hydrogen-bond donors (Lipinski definition) is 0. The molecule has 0 unspecified atom stereocenters. The molecule has 100 valence electrons. The average molecular weight is 238 g/mol. The van der Waals surface area contributed by atoms with Gasteiger partial charge in [-0.2, -0.15) is 0 Å². The van der Waals surface area contributed by atoms with Crippen LogP contribution in [0.5, 0.6) is 0 Å². The Kier molecular flexibility index (Phi) is 21.3. The van der Waals surface area contributed by atoms with E-state index in [0.717, 1.165) is 16.9 Å². The predicted molar refractivity (Wildman–Crippen MR) is 81.2 cm³/mol. The fraction of sp³-hybridized carbons (Fsp3) is 0.500. The maximum Gasteiger partial charge on any atom is 0.122 e. The monoisotopic (exact) mass is 238 g/mol. The summed E-state index contributed by atoms with van der Waals surface area (Å²) >= 11 is 0. The molecule has 0 saturated heterocycles. The lowest BCUT2D eigenvalue weighted by molar-refractivity contribution is 0.301. The van der Waals surface area contributed by atoms with Gasteiger partial charge in [-0.25, -0.2) is 0 Å². The molecule has 0 amide bonds. The SMILES string of the molecule is C=CC(=C/C)/C(=C\C)C(=C\C)/OC.CC.CC. The molecule has 0 heterocycles.